The van der Waals surface area contributed by atoms with Gasteiger partial charge in [0, 0.05) is 11.9 Å². The van der Waals surface area contributed by atoms with E-state index in [0.717, 1.165) is 12.8 Å². The topological polar surface area (TPSA) is 62.5 Å². The Morgan fingerprint density at radius 1 is 1.35 bits per heavy atom. The zero-order valence-corrected chi connectivity index (χ0v) is 11.0. The molecule has 1 aliphatic rings. The summed E-state index contributed by atoms with van der Waals surface area (Å²) in [5.41, 5.74) is -0.329. The van der Waals surface area contributed by atoms with E-state index in [4.69, 9.17) is 4.42 Å². The van der Waals surface area contributed by atoms with E-state index in [2.05, 4.69) is 5.32 Å². The first-order valence-electron chi connectivity index (χ1n) is 6.75. The molecule has 20 heavy (non-hydrogen) atoms. The second kappa shape index (κ2) is 4.90. The Kier molecular flexibility index (Phi) is 3.22. The van der Waals surface area contributed by atoms with Crippen LogP contribution in [0.15, 0.2) is 28.7 Å². The summed E-state index contributed by atoms with van der Waals surface area (Å²) < 4.78 is 18.4. The van der Waals surface area contributed by atoms with Crippen LogP contribution in [0.1, 0.15) is 36.2 Å². The van der Waals surface area contributed by atoms with Crippen molar-refractivity contribution in [3.05, 3.63) is 35.8 Å². The van der Waals surface area contributed by atoms with Crippen molar-refractivity contribution in [2.45, 2.75) is 31.3 Å². The van der Waals surface area contributed by atoms with Gasteiger partial charge in [-0.05, 0) is 37.1 Å². The molecule has 0 aliphatic heterocycles. The number of furan rings is 1. The molecule has 0 unspecified atom stereocenters. The predicted molar refractivity (Wildman–Crippen MR) is 71.9 cm³/mol. The van der Waals surface area contributed by atoms with Gasteiger partial charge in [0.15, 0.2) is 5.76 Å². The molecule has 0 spiro atoms. The maximum absolute atomic E-state index is 13.1. The number of hydrogen-bond donors (Lipinski definition) is 2. The number of hydrogen-bond acceptors (Lipinski definition) is 3. The van der Waals surface area contributed by atoms with Crippen molar-refractivity contribution >= 4 is 16.9 Å². The molecule has 5 heteroatoms. The lowest BCUT2D eigenvalue weighted by molar-refractivity contribution is 0.0444. The molecule has 1 fully saturated rings. The highest BCUT2D eigenvalue weighted by Crippen LogP contribution is 2.28. The average Bonchev–Trinajstić information content (AvgIpc) is 3.02. The minimum absolute atomic E-state index is 0.132. The normalized spacial score (nSPS) is 17.5. The summed E-state index contributed by atoms with van der Waals surface area (Å²) in [5, 5.41) is 13.4. The first-order valence-corrected chi connectivity index (χ1v) is 6.75. The van der Waals surface area contributed by atoms with Gasteiger partial charge in [0.05, 0.1) is 5.60 Å². The average molecular weight is 277 g/mol. The Hall–Kier alpha value is -1.88. The molecule has 1 heterocycles. The van der Waals surface area contributed by atoms with E-state index in [1.807, 2.05) is 0 Å². The largest absolute Gasteiger partial charge is 0.451 e. The van der Waals surface area contributed by atoms with Crippen LogP contribution in [0.3, 0.4) is 0 Å². The highest BCUT2D eigenvalue weighted by Gasteiger charge is 2.31. The molecular weight excluding hydrogens is 261 g/mol. The highest BCUT2D eigenvalue weighted by molar-refractivity contribution is 5.96. The lowest BCUT2D eigenvalue weighted by Crippen LogP contribution is -2.40. The molecule has 1 aromatic heterocycles. The molecule has 3 rings (SSSR count). The van der Waals surface area contributed by atoms with Gasteiger partial charge in [0.1, 0.15) is 11.4 Å². The number of fused-ring (bicyclic) bond motifs is 1. The number of carbonyl (C=O) groups is 1. The van der Waals surface area contributed by atoms with Crippen LogP contribution >= 0.6 is 0 Å². The smallest absolute Gasteiger partial charge is 0.287 e. The first-order chi connectivity index (χ1) is 9.56. The number of carbonyl (C=O) groups excluding carboxylic acids is 1. The summed E-state index contributed by atoms with van der Waals surface area (Å²) in [6, 6.07) is 5.60. The van der Waals surface area contributed by atoms with E-state index < -0.39 is 5.60 Å². The molecule has 2 N–H and O–H groups in total. The number of aliphatic hydroxyl groups is 1. The van der Waals surface area contributed by atoms with Crippen LogP contribution in [0.4, 0.5) is 4.39 Å². The molecule has 2 aromatic rings. The quantitative estimate of drug-likeness (QED) is 0.906. The molecule has 1 aromatic carbocycles. The van der Waals surface area contributed by atoms with Crippen molar-refractivity contribution in [3.63, 3.8) is 0 Å². The third kappa shape index (κ3) is 2.54. The summed E-state index contributed by atoms with van der Waals surface area (Å²) in [6.45, 7) is 0.219. The van der Waals surface area contributed by atoms with Gasteiger partial charge in [-0.2, -0.15) is 0 Å². The van der Waals surface area contributed by atoms with E-state index in [0.29, 0.717) is 23.8 Å². The molecular formula is C15H16FNO3. The Morgan fingerprint density at radius 2 is 2.10 bits per heavy atom. The van der Waals surface area contributed by atoms with Crippen LogP contribution in [0.25, 0.3) is 11.0 Å². The van der Waals surface area contributed by atoms with Gasteiger partial charge in [0.2, 0.25) is 0 Å². The Bertz CT molecular complexity index is 644. The Morgan fingerprint density at radius 3 is 2.85 bits per heavy atom. The van der Waals surface area contributed by atoms with Crippen molar-refractivity contribution < 1.29 is 18.7 Å². The molecule has 0 atom stereocenters. The molecule has 0 saturated heterocycles. The van der Waals surface area contributed by atoms with Gasteiger partial charge in [-0.3, -0.25) is 4.79 Å². The summed E-state index contributed by atoms with van der Waals surface area (Å²) in [5.74, 6) is -0.625. The minimum atomic E-state index is -0.798. The van der Waals surface area contributed by atoms with Gasteiger partial charge in [-0.25, -0.2) is 4.39 Å². The van der Waals surface area contributed by atoms with E-state index in [9.17, 15) is 14.3 Å². The maximum Gasteiger partial charge on any atom is 0.287 e. The summed E-state index contributed by atoms with van der Waals surface area (Å²) >= 11 is 0. The second-order valence-corrected chi connectivity index (χ2v) is 5.41. The van der Waals surface area contributed by atoms with Crippen LogP contribution in [-0.4, -0.2) is 23.2 Å². The van der Waals surface area contributed by atoms with Gasteiger partial charge in [-0.15, -0.1) is 0 Å². The van der Waals surface area contributed by atoms with Crippen LogP contribution in [0, 0.1) is 5.82 Å². The van der Waals surface area contributed by atoms with Crippen molar-refractivity contribution in [1.82, 2.24) is 5.32 Å². The predicted octanol–water partition coefficient (Wildman–Crippen LogP) is 2.61. The van der Waals surface area contributed by atoms with Crippen LogP contribution in [0.5, 0.6) is 0 Å². The Balaban J connectivity index is 1.72. The SMILES string of the molecule is O=C(NCC1(O)CCCC1)c1cc2cc(F)ccc2o1. The number of nitrogens with one attached hydrogen (secondary N) is 1. The van der Waals surface area contributed by atoms with Crippen molar-refractivity contribution in [3.8, 4) is 0 Å². The fourth-order valence-corrected chi connectivity index (χ4v) is 2.67. The van der Waals surface area contributed by atoms with E-state index in [1.54, 1.807) is 0 Å². The van der Waals surface area contributed by atoms with E-state index >= 15 is 0 Å². The fourth-order valence-electron chi connectivity index (χ4n) is 2.67. The summed E-state index contributed by atoms with van der Waals surface area (Å²) in [4.78, 5) is 12.0. The number of amides is 1. The van der Waals surface area contributed by atoms with Gasteiger partial charge in [0.25, 0.3) is 5.91 Å². The zero-order chi connectivity index (χ0) is 14.2. The van der Waals surface area contributed by atoms with Crippen LogP contribution in [0.2, 0.25) is 0 Å². The number of benzene rings is 1. The standard InChI is InChI=1S/C15H16FNO3/c16-11-3-4-12-10(7-11)8-13(20-12)14(18)17-9-15(19)5-1-2-6-15/h3-4,7-8,19H,1-2,5-6,9H2,(H,17,18). The molecule has 0 bridgehead atoms. The van der Waals surface area contributed by atoms with Crippen LogP contribution in [-0.2, 0) is 0 Å². The van der Waals surface area contributed by atoms with Crippen molar-refractivity contribution in [2.24, 2.45) is 0 Å². The first kappa shape index (κ1) is 13.1. The lowest BCUT2D eigenvalue weighted by Gasteiger charge is -2.21. The van der Waals surface area contributed by atoms with Gasteiger partial charge < -0.3 is 14.8 Å². The van der Waals surface area contributed by atoms with E-state index in [-0.39, 0.29) is 24.0 Å². The molecule has 1 saturated carbocycles. The van der Waals surface area contributed by atoms with Gasteiger partial charge >= 0.3 is 0 Å². The molecule has 1 amide bonds. The highest BCUT2D eigenvalue weighted by atomic mass is 19.1. The van der Waals surface area contributed by atoms with Crippen LogP contribution < -0.4 is 5.32 Å². The zero-order valence-electron chi connectivity index (χ0n) is 11.0. The second-order valence-electron chi connectivity index (χ2n) is 5.41. The van der Waals surface area contributed by atoms with Crippen molar-refractivity contribution in [2.75, 3.05) is 6.54 Å². The minimum Gasteiger partial charge on any atom is -0.451 e. The molecule has 4 nitrogen and oxygen atoms in total. The van der Waals surface area contributed by atoms with Crippen molar-refractivity contribution in [1.29, 1.82) is 0 Å². The fraction of sp³-hybridized carbons (Fsp3) is 0.400. The molecule has 1 aliphatic carbocycles. The van der Waals surface area contributed by atoms with Gasteiger partial charge in [-0.1, -0.05) is 12.8 Å². The van der Waals surface area contributed by atoms with E-state index in [1.165, 1.54) is 24.3 Å². The third-order valence-electron chi connectivity index (χ3n) is 3.81. The monoisotopic (exact) mass is 277 g/mol. The lowest BCUT2D eigenvalue weighted by atomic mass is 10.0. The third-order valence-corrected chi connectivity index (χ3v) is 3.81. The molecule has 106 valence electrons. The Labute approximate surface area is 115 Å². The summed E-state index contributed by atoms with van der Waals surface area (Å²) in [7, 11) is 0. The number of rotatable bonds is 3. The summed E-state index contributed by atoms with van der Waals surface area (Å²) in [6.07, 6.45) is 3.38. The number of halogens is 1. The molecule has 0 radical (unpaired) electrons. The maximum atomic E-state index is 13.1.